The number of anilines is 1. The quantitative estimate of drug-likeness (QED) is 0.331. The second kappa shape index (κ2) is 7.05. The molecule has 0 bridgehead atoms. The van der Waals surface area contributed by atoms with Gasteiger partial charge in [0.15, 0.2) is 0 Å². The molecule has 0 fully saturated rings. The first-order chi connectivity index (χ1) is 11.6. The van der Waals surface area contributed by atoms with Crippen molar-refractivity contribution in [2.45, 2.75) is 5.03 Å². The molecule has 1 amide bonds. The standard InChI is InChI=1S/C16H12N4O3S/c21-15(19-11-4-3-5-12(8-11)20(22)23)9-24-16-13-6-1-2-7-14(13)17-10-18-16/h1-8,10H,9H2,(H,19,21). The van der Waals surface area contributed by atoms with E-state index < -0.39 is 4.92 Å². The molecule has 8 heteroatoms. The molecule has 7 nitrogen and oxygen atoms in total. The smallest absolute Gasteiger partial charge is 0.271 e. The second-order valence-corrected chi connectivity index (χ2v) is 5.80. The average Bonchev–Trinajstić information content (AvgIpc) is 2.60. The number of amides is 1. The Morgan fingerprint density at radius 3 is 2.83 bits per heavy atom. The third-order valence-electron chi connectivity index (χ3n) is 3.19. The number of nitro groups is 1. The predicted octanol–water partition coefficient (Wildman–Crippen LogP) is 3.27. The largest absolute Gasteiger partial charge is 0.325 e. The number of aromatic nitrogens is 2. The molecule has 0 aliphatic carbocycles. The number of hydrogen-bond acceptors (Lipinski definition) is 6. The topological polar surface area (TPSA) is 98.0 Å². The molecular weight excluding hydrogens is 328 g/mol. The van der Waals surface area contributed by atoms with E-state index in [1.807, 2.05) is 24.3 Å². The van der Waals surface area contributed by atoms with Crippen LogP contribution in [0.3, 0.4) is 0 Å². The van der Waals surface area contributed by atoms with Crippen LogP contribution >= 0.6 is 11.8 Å². The first-order valence-electron chi connectivity index (χ1n) is 7.00. The summed E-state index contributed by atoms with van der Waals surface area (Å²) in [5.74, 6) is -0.118. The van der Waals surface area contributed by atoms with Gasteiger partial charge in [-0.25, -0.2) is 9.97 Å². The van der Waals surface area contributed by atoms with E-state index in [1.165, 1.54) is 36.3 Å². The number of carbonyl (C=O) groups is 1. The summed E-state index contributed by atoms with van der Waals surface area (Å²) in [6.07, 6.45) is 1.46. The maximum Gasteiger partial charge on any atom is 0.271 e. The average molecular weight is 340 g/mol. The Labute approximate surface area is 141 Å². The van der Waals surface area contributed by atoms with Gasteiger partial charge in [0.2, 0.25) is 5.91 Å². The van der Waals surface area contributed by atoms with Crippen molar-refractivity contribution in [3.05, 3.63) is 65.0 Å². The number of fused-ring (bicyclic) bond motifs is 1. The Balaban J connectivity index is 1.67. The van der Waals surface area contributed by atoms with E-state index in [-0.39, 0.29) is 17.3 Å². The summed E-state index contributed by atoms with van der Waals surface area (Å²) in [4.78, 5) is 30.7. The number of benzene rings is 2. The van der Waals surface area contributed by atoms with Crippen molar-refractivity contribution < 1.29 is 9.72 Å². The van der Waals surface area contributed by atoms with E-state index in [0.717, 1.165) is 15.9 Å². The molecule has 0 atom stereocenters. The SMILES string of the molecule is O=C(CSc1ncnc2ccccc12)Nc1cccc([N+](=O)[O-])c1. The summed E-state index contributed by atoms with van der Waals surface area (Å²) in [5.41, 5.74) is 1.14. The van der Waals surface area contributed by atoms with E-state index in [2.05, 4.69) is 15.3 Å². The van der Waals surface area contributed by atoms with Gasteiger partial charge >= 0.3 is 0 Å². The lowest BCUT2D eigenvalue weighted by atomic mass is 10.2. The minimum absolute atomic E-state index is 0.0674. The molecule has 3 rings (SSSR count). The number of nitro benzene ring substituents is 1. The van der Waals surface area contributed by atoms with Gasteiger partial charge in [0.1, 0.15) is 11.4 Å². The molecule has 1 heterocycles. The van der Waals surface area contributed by atoms with Gasteiger partial charge in [-0.05, 0) is 12.1 Å². The van der Waals surface area contributed by atoms with Gasteiger partial charge in [-0.2, -0.15) is 0 Å². The fourth-order valence-electron chi connectivity index (χ4n) is 2.12. The number of rotatable bonds is 5. The van der Waals surface area contributed by atoms with Crippen LogP contribution < -0.4 is 5.32 Å². The molecule has 0 saturated carbocycles. The number of hydrogen-bond donors (Lipinski definition) is 1. The molecule has 0 radical (unpaired) electrons. The fourth-order valence-corrected chi connectivity index (χ4v) is 2.91. The third kappa shape index (κ3) is 3.66. The molecule has 1 aromatic heterocycles. The van der Waals surface area contributed by atoms with Crippen molar-refractivity contribution in [2.75, 3.05) is 11.1 Å². The minimum atomic E-state index is -0.503. The molecule has 2 aromatic carbocycles. The van der Waals surface area contributed by atoms with E-state index in [0.29, 0.717) is 5.69 Å². The van der Waals surface area contributed by atoms with E-state index in [1.54, 1.807) is 6.07 Å². The van der Waals surface area contributed by atoms with Crippen LogP contribution in [0.15, 0.2) is 59.9 Å². The van der Waals surface area contributed by atoms with Crippen LogP contribution in [0, 0.1) is 10.1 Å². The molecule has 0 aliphatic rings. The summed E-state index contributed by atoms with van der Waals surface area (Å²) in [5, 5.41) is 15.0. The van der Waals surface area contributed by atoms with Gasteiger partial charge in [0.25, 0.3) is 5.69 Å². The van der Waals surface area contributed by atoms with Gasteiger partial charge in [-0.1, -0.05) is 36.0 Å². The molecule has 24 heavy (non-hydrogen) atoms. The van der Waals surface area contributed by atoms with Crippen LogP contribution in [0.2, 0.25) is 0 Å². The number of thioether (sulfide) groups is 1. The number of nitrogens with zero attached hydrogens (tertiary/aromatic N) is 3. The van der Waals surface area contributed by atoms with Gasteiger partial charge in [-0.3, -0.25) is 14.9 Å². The van der Waals surface area contributed by atoms with Gasteiger partial charge in [0, 0.05) is 23.2 Å². The monoisotopic (exact) mass is 340 g/mol. The highest BCUT2D eigenvalue weighted by Gasteiger charge is 2.10. The van der Waals surface area contributed by atoms with Crippen molar-refractivity contribution in [2.24, 2.45) is 0 Å². The van der Waals surface area contributed by atoms with Gasteiger partial charge < -0.3 is 5.32 Å². The van der Waals surface area contributed by atoms with Crippen molar-refractivity contribution in [3.8, 4) is 0 Å². The van der Waals surface area contributed by atoms with E-state index in [9.17, 15) is 14.9 Å². The van der Waals surface area contributed by atoms with Crippen molar-refractivity contribution >= 4 is 39.9 Å². The Bertz CT molecular complexity index is 911. The normalized spacial score (nSPS) is 10.5. The highest BCUT2D eigenvalue weighted by atomic mass is 32.2. The molecule has 0 aliphatic heterocycles. The molecule has 0 unspecified atom stereocenters. The predicted molar refractivity (Wildman–Crippen MR) is 92.0 cm³/mol. The molecule has 0 saturated heterocycles. The van der Waals surface area contributed by atoms with E-state index >= 15 is 0 Å². The minimum Gasteiger partial charge on any atom is -0.325 e. The summed E-state index contributed by atoms with van der Waals surface area (Å²) >= 11 is 1.29. The summed E-state index contributed by atoms with van der Waals surface area (Å²) in [6.45, 7) is 0. The molecule has 120 valence electrons. The summed E-state index contributed by atoms with van der Waals surface area (Å²) in [7, 11) is 0. The Hall–Kier alpha value is -3.00. The number of para-hydroxylation sites is 1. The second-order valence-electron chi connectivity index (χ2n) is 4.84. The highest BCUT2D eigenvalue weighted by Crippen LogP contribution is 2.24. The lowest BCUT2D eigenvalue weighted by Gasteiger charge is -2.06. The summed E-state index contributed by atoms with van der Waals surface area (Å²) in [6, 6.07) is 13.4. The summed E-state index contributed by atoms with van der Waals surface area (Å²) < 4.78 is 0. The molecule has 3 aromatic rings. The molecular formula is C16H12N4O3S. The number of nitrogens with one attached hydrogen (secondary N) is 1. The van der Waals surface area contributed by atoms with Crippen LogP contribution in [0.25, 0.3) is 10.9 Å². The zero-order chi connectivity index (χ0) is 16.9. The zero-order valence-corrected chi connectivity index (χ0v) is 13.2. The zero-order valence-electron chi connectivity index (χ0n) is 12.4. The maximum absolute atomic E-state index is 12.1. The Morgan fingerprint density at radius 1 is 1.17 bits per heavy atom. The van der Waals surface area contributed by atoms with E-state index in [4.69, 9.17) is 0 Å². The van der Waals surface area contributed by atoms with Crippen LogP contribution in [0.4, 0.5) is 11.4 Å². The maximum atomic E-state index is 12.1. The van der Waals surface area contributed by atoms with Gasteiger partial charge in [-0.15, -0.1) is 0 Å². The van der Waals surface area contributed by atoms with Crippen LogP contribution in [0.1, 0.15) is 0 Å². The third-order valence-corrected chi connectivity index (χ3v) is 4.19. The highest BCUT2D eigenvalue weighted by molar-refractivity contribution is 8.00. The van der Waals surface area contributed by atoms with Crippen LogP contribution in [-0.2, 0) is 4.79 Å². The molecule has 0 spiro atoms. The van der Waals surface area contributed by atoms with Crippen LogP contribution in [-0.4, -0.2) is 26.6 Å². The lowest BCUT2D eigenvalue weighted by molar-refractivity contribution is -0.384. The number of non-ortho nitro benzene ring substituents is 1. The first-order valence-corrected chi connectivity index (χ1v) is 7.99. The van der Waals surface area contributed by atoms with Crippen molar-refractivity contribution in [1.29, 1.82) is 0 Å². The first kappa shape index (κ1) is 15.9. The lowest BCUT2D eigenvalue weighted by Crippen LogP contribution is -2.14. The van der Waals surface area contributed by atoms with Crippen molar-refractivity contribution in [3.63, 3.8) is 0 Å². The Kier molecular flexibility index (Phi) is 4.66. The van der Waals surface area contributed by atoms with Crippen LogP contribution in [0.5, 0.6) is 0 Å². The Morgan fingerprint density at radius 2 is 2.00 bits per heavy atom. The molecule has 1 N–H and O–H groups in total. The van der Waals surface area contributed by atoms with Crippen molar-refractivity contribution in [1.82, 2.24) is 9.97 Å². The van der Waals surface area contributed by atoms with Gasteiger partial charge in [0.05, 0.1) is 16.2 Å². The number of carbonyl (C=O) groups excluding carboxylic acids is 1. The fraction of sp³-hybridized carbons (Fsp3) is 0.0625.